The summed E-state index contributed by atoms with van der Waals surface area (Å²) in [4.78, 5) is 14.1. The van der Waals surface area contributed by atoms with Gasteiger partial charge in [-0.15, -0.1) is 11.3 Å². The Balaban J connectivity index is 0.000000162. The zero-order valence-electron chi connectivity index (χ0n) is 7.96. The van der Waals surface area contributed by atoms with Gasteiger partial charge in [0.1, 0.15) is 0 Å². The van der Waals surface area contributed by atoms with Crippen molar-refractivity contribution in [3.05, 3.63) is 47.5 Å². The van der Waals surface area contributed by atoms with E-state index in [4.69, 9.17) is 11.5 Å². The summed E-state index contributed by atoms with van der Waals surface area (Å²) < 4.78 is 0. The SMILES string of the molecule is NC(=O)c1ccccc1.Nc1nccs1. The van der Waals surface area contributed by atoms with Gasteiger partial charge in [0.2, 0.25) is 5.91 Å². The zero-order chi connectivity index (χ0) is 11.1. The highest BCUT2D eigenvalue weighted by molar-refractivity contribution is 7.13. The number of thiazole rings is 1. The van der Waals surface area contributed by atoms with E-state index in [1.807, 2.05) is 11.4 Å². The molecule has 1 amide bonds. The second-order valence-corrected chi connectivity index (χ2v) is 3.53. The maximum Gasteiger partial charge on any atom is 0.248 e. The van der Waals surface area contributed by atoms with E-state index in [-0.39, 0.29) is 5.91 Å². The predicted molar refractivity (Wildman–Crippen MR) is 61.5 cm³/mol. The molecule has 0 bridgehead atoms. The maximum absolute atomic E-state index is 10.4. The number of benzene rings is 1. The van der Waals surface area contributed by atoms with Crippen LogP contribution in [0.3, 0.4) is 0 Å². The summed E-state index contributed by atoms with van der Waals surface area (Å²) >= 11 is 1.44. The molecule has 0 aliphatic heterocycles. The van der Waals surface area contributed by atoms with Crippen LogP contribution in [0.5, 0.6) is 0 Å². The van der Waals surface area contributed by atoms with E-state index in [2.05, 4.69) is 4.98 Å². The molecule has 0 unspecified atom stereocenters. The molecule has 4 nitrogen and oxygen atoms in total. The average molecular weight is 221 g/mol. The summed E-state index contributed by atoms with van der Waals surface area (Å²) in [6.45, 7) is 0. The van der Waals surface area contributed by atoms with Crippen molar-refractivity contribution in [1.29, 1.82) is 0 Å². The molecule has 5 heteroatoms. The summed E-state index contributed by atoms with van der Waals surface area (Å²) in [5.74, 6) is -0.379. The summed E-state index contributed by atoms with van der Waals surface area (Å²) in [6, 6.07) is 8.76. The third-order valence-electron chi connectivity index (χ3n) is 1.51. The van der Waals surface area contributed by atoms with Gasteiger partial charge in [-0.1, -0.05) is 18.2 Å². The summed E-state index contributed by atoms with van der Waals surface area (Å²) in [6.07, 6.45) is 1.68. The Labute approximate surface area is 91.6 Å². The number of carbonyl (C=O) groups is 1. The topological polar surface area (TPSA) is 82.0 Å². The molecule has 78 valence electrons. The van der Waals surface area contributed by atoms with E-state index in [1.54, 1.807) is 30.5 Å². The van der Waals surface area contributed by atoms with E-state index in [9.17, 15) is 4.79 Å². The normalized spacial score (nSPS) is 8.80. The van der Waals surface area contributed by atoms with E-state index < -0.39 is 0 Å². The smallest absolute Gasteiger partial charge is 0.248 e. The number of rotatable bonds is 1. The molecule has 0 fully saturated rings. The summed E-state index contributed by atoms with van der Waals surface area (Å²) in [7, 11) is 0. The van der Waals surface area contributed by atoms with Gasteiger partial charge < -0.3 is 11.5 Å². The predicted octanol–water partition coefficient (Wildman–Crippen LogP) is 1.51. The van der Waals surface area contributed by atoms with Crippen molar-refractivity contribution >= 4 is 22.4 Å². The fraction of sp³-hybridized carbons (Fsp3) is 0. The van der Waals surface area contributed by atoms with Crippen LogP contribution in [0, 0.1) is 0 Å². The lowest BCUT2D eigenvalue weighted by atomic mass is 10.2. The number of nitrogens with two attached hydrogens (primary N) is 2. The molecule has 2 aromatic rings. The van der Waals surface area contributed by atoms with Gasteiger partial charge in [-0.25, -0.2) is 4.98 Å². The van der Waals surface area contributed by atoms with Crippen LogP contribution >= 0.6 is 11.3 Å². The van der Waals surface area contributed by atoms with E-state index in [0.29, 0.717) is 10.7 Å². The van der Waals surface area contributed by atoms with Crippen LogP contribution < -0.4 is 11.5 Å². The van der Waals surface area contributed by atoms with Gasteiger partial charge in [0.15, 0.2) is 5.13 Å². The van der Waals surface area contributed by atoms with Crippen molar-refractivity contribution in [2.24, 2.45) is 5.73 Å². The highest BCUT2D eigenvalue weighted by atomic mass is 32.1. The third kappa shape index (κ3) is 4.24. The molecule has 0 saturated carbocycles. The van der Waals surface area contributed by atoms with Gasteiger partial charge in [0.25, 0.3) is 0 Å². The maximum atomic E-state index is 10.4. The molecule has 0 radical (unpaired) electrons. The van der Waals surface area contributed by atoms with Crippen LogP contribution in [-0.4, -0.2) is 10.9 Å². The Morgan fingerprint density at radius 1 is 1.27 bits per heavy atom. The van der Waals surface area contributed by atoms with Crippen molar-refractivity contribution in [3.63, 3.8) is 0 Å². The van der Waals surface area contributed by atoms with Crippen molar-refractivity contribution in [3.8, 4) is 0 Å². The molecule has 15 heavy (non-hydrogen) atoms. The van der Waals surface area contributed by atoms with Crippen LogP contribution in [0.1, 0.15) is 10.4 Å². The highest BCUT2D eigenvalue weighted by Crippen LogP contribution is 2.02. The fourth-order valence-electron chi connectivity index (χ4n) is 0.837. The Morgan fingerprint density at radius 2 is 1.93 bits per heavy atom. The molecule has 0 spiro atoms. The second-order valence-electron chi connectivity index (χ2n) is 2.60. The first-order chi connectivity index (χ1) is 7.20. The van der Waals surface area contributed by atoms with E-state index >= 15 is 0 Å². The zero-order valence-corrected chi connectivity index (χ0v) is 8.78. The third-order valence-corrected chi connectivity index (χ3v) is 2.11. The number of nitrogens with zero attached hydrogens (tertiary/aromatic N) is 1. The minimum absolute atomic E-state index is 0.379. The minimum Gasteiger partial charge on any atom is -0.375 e. The highest BCUT2D eigenvalue weighted by Gasteiger charge is 1.93. The van der Waals surface area contributed by atoms with Gasteiger partial charge in [0, 0.05) is 17.1 Å². The number of anilines is 1. The lowest BCUT2D eigenvalue weighted by Gasteiger charge is -1.89. The van der Waals surface area contributed by atoms with Gasteiger partial charge in [0.05, 0.1) is 0 Å². The molecule has 2 rings (SSSR count). The molecule has 0 aliphatic rings. The van der Waals surface area contributed by atoms with Crippen LogP contribution in [-0.2, 0) is 0 Å². The fourth-order valence-corrected chi connectivity index (χ4v) is 1.22. The quantitative estimate of drug-likeness (QED) is 0.765. The van der Waals surface area contributed by atoms with Crippen molar-refractivity contribution in [2.45, 2.75) is 0 Å². The Hall–Kier alpha value is -1.88. The van der Waals surface area contributed by atoms with Crippen molar-refractivity contribution in [1.82, 2.24) is 4.98 Å². The number of hydrogen-bond acceptors (Lipinski definition) is 4. The van der Waals surface area contributed by atoms with Gasteiger partial charge in [-0.05, 0) is 12.1 Å². The Bertz CT molecular complexity index is 400. The lowest BCUT2D eigenvalue weighted by Crippen LogP contribution is -2.09. The molecule has 0 saturated heterocycles. The van der Waals surface area contributed by atoms with E-state index in [1.165, 1.54) is 11.3 Å². The number of carbonyl (C=O) groups excluding carboxylic acids is 1. The van der Waals surface area contributed by atoms with Crippen LogP contribution in [0.4, 0.5) is 5.13 Å². The van der Waals surface area contributed by atoms with Crippen LogP contribution in [0.2, 0.25) is 0 Å². The number of nitrogen functional groups attached to an aromatic ring is 1. The molecule has 0 atom stereocenters. The van der Waals surface area contributed by atoms with Gasteiger partial charge in [-0.3, -0.25) is 4.79 Å². The van der Waals surface area contributed by atoms with Crippen LogP contribution in [0.25, 0.3) is 0 Å². The molecular weight excluding hydrogens is 210 g/mol. The molecule has 1 aromatic heterocycles. The number of hydrogen-bond donors (Lipinski definition) is 2. The Kier molecular flexibility index (Phi) is 4.30. The molecule has 1 aromatic carbocycles. The molecule has 0 aliphatic carbocycles. The number of primary amides is 1. The monoisotopic (exact) mass is 221 g/mol. The molecule has 4 N–H and O–H groups in total. The summed E-state index contributed by atoms with van der Waals surface area (Å²) in [5, 5.41) is 2.48. The average Bonchev–Trinajstić information content (AvgIpc) is 2.71. The Morgan fingerprint density at radius 3 is 2.20 bits per heavy atom. The standard InChI is InChI=1S/C7H7NO.C3H4N2S/c8-7(9)6-4-2-1-3-5-6;4-3-5-1-2-6-3/h1-5H,(H2,8,9);1-2H,(H2,4,5). The lowest BCUT2D eigenvalue weighted by molar-refractivity contribution is 0.100. The second kappa shape index (κ2) is 5.77. The number of amides is 1. The van der Waals surface area contributed by atoms with E-state index in [0.717, 1.165) is 0 Å². The first-order valence-corrected chi connectivity index (χ1v) is 5.08. The number of aromatic nitrogens is 1. The van der Waals surface area contributed by atoms with Crippen molar-refractivity contribution in [2.75, 3.05) is 5.73 Å². The molecule has 1 heterocycles. The first-order valence-electron chi connectivity index (χ1n) is 4.20. The van der Waals surface area contributed by atoms with Crippen molar-refractivity contribution < 1.29 is 4.79 Å². The molecular formula is C10H11N3OS. The minimum atomic E-state index is -0.379. The first kappa shape index (κ1) is 11.2. The summed E-state index contributed by atoms with van der Waals surface area (Å²) in [5.41, 5.74) is 10.7. The van der Waals surface area contributed by atoms with Gasteiger partial charge in [-0.2, -0.15) is 0 Å². The van der Waals surface area contributed by atoms with Gasteiger partial charge >= 0.3 is 0 Å². The largest absolute Gasteiger partial charge is 0.375 e. The van der Waals surface area contributed by atoms with Crippen LogP contribution in [0.15, 0.2) is 41.9 Å².